The van der Waals surface area contributed by atoms with Gasteiger partial charge in [-0.1, -0.05) is 6.07 Å². The van der Waals surface area contributed by atoms with E-state index in [1.165, 1.54) is 6.07 Å². The lowest BCUT2D eigenvalue weighted by Gasteiger charge is -2.09. The molecule has 0 saturated carbocycles. The van der Waals surface area contributed by atoms with Gasteiger partial charge in [-0.15, -0.1) is 0 Å². The molecule has 0 aliphatic heterocycles. The molecule has 0 radical (unpaired) electrons. The van der Waals surface area contributed by atoms with Crippen molar-refractivity contribution >= 4 is 11.6 Å². The maximum Gasteiger partial charge on any atom is 0.255 e. The summed E-state index contributed by atoms with van der Waals surface area (Å²) in [6.45, 7) is 0. The summed E-state index contributed by atoms with van der Waals surface area (Å²) in [4.78, 5) is 12.2. The first kappa shape index (κ1) is 16.4. The van der Waals surface area contributed by atoms with Crippen LogP contribution < -0.4 is 14.8 Å². The number of methoxy groups -OCH3 is 1. The van der Waals surface area contributed by atoms with Gasteiger partial charge in [-0.05, 0) is 60.7 Å². The summed E-state index contributed by atoms with van der Waals surface area (Å²) in [5, 5.41) is 12.3. The molecule has 0 aliphatic rings. The second kappa shape index (κ2) is 7.40. The second-order valence-electron chi connectivity index (χ2n) is 5.31. The van der Waals surface area contributed by atoms with Crippen molar-refractivity contribution in [1.82, 2.24) is 0 Å². The number of anilines is 1. The monoisotopic (exact) mass is 335 g/mol. The molecular weight excluding hydrogens is 318 g/mol. The van der Waals surface area contributed by atoms with Crippen LogP contribution in [0.25, 0.3) is 0 Å². The molecule has 0 spiro atoms. The summed E-state index contributed by atoms with van der Waals surface area (Å²) < 4.78 is 10.7. The number of benzene rings is 3. The van der Waals surface area contributed by atoms with Crippen LogP contribution in [0.1, 0.15) is 10.4 Å². The van der Waals surface area contributed by atoms with Crippen LogP contribution >= 0.6 is 0 Å². The minimum absolute atomic E-state index is 0.140. The van der Waals surface area contributed by atoms with E-state index in [1.807, 2.05) is 0 Å². The average Bonchev–Trinajstić information content (AvgIpc) is 2.63. The largest absolute Gasteiger partial charge is 0.508 e. The minimum Gasteiger partial charge on any atom is -0.508 e. The Hall–Kier alpha value is -3.47. The first-order valence-electron chi connectivity index (χ1n) is 7.66. The Morgan fingerprint density at radius 3 is 2.20 bits per heavy atom. The van der Waals surface area contributed by atoms with E-state index in [-0.39, 0.29) is 11.7 Å². The van der Waals surface area contributed by atoms with Gasteiger partial charge in [-0.3, -0.25) is 4.79 Å². The van der Waals surface area contributed by atoms with Crippen molar-refractivity contribution in [3.05, 3.63) is 78.4 Å². The Bertz CT molecular complexity index is 858. The van der Waals surface area contributed by atoms with Gasteiger partial charge in [0.2, 0.25) is 0 Å². The third-order valence-electron chi connectivity index (χ3n) is 3.52. The van der Waals surface area contributed by atoms with Gasteiger partial charge in [0, 0.05) is 17.3 Å². The van der Waals surface area contributed by atoms with Crippen molar-refractivity contribution in [1.29, 1.82) is 0 Å². The zero-order valence-electron chi connectivity index (χ0n) is 13.6. The van der Waals surface area contributed by atoms with E-state index in [9.17, 15) is 9.90 Å². The highest BCUT2D eigenvalue weighted by Crippen LogP contribution is 2.25. The Balaban J connectivity index is 1.64. The maximum atomic E-state index is 12.2. The van der Waals surface area contributed by atoms with Crippen LogP contribution in [-0.2, 0) is 0 Å². The zero-order chi connectivity index (χ0) is 17.6. The summed E-state index contributed by atoms with van der Waals surface area (Å²) in [5.74, 6) is 1.78. The molecule has 3 aromatic carbocycles. The van der Waals surface area contributed by atoms with E-state index < -0.39 is 0 Å². The van der Waals surface area contributed by atoms with Crippen LogP contribution in [0.4, 0.5) is 5.69 Å². The number of hydrogen-bond acceptors (Lipinski definition) is 4. The fraction of sp³-hybridized carbons (Fsp3) is 0.0500. The molecule has 2 N–H and O–H groups in total. The Morgan fingerprint density at radius 2 is 1.56 bits per heavy atom. The number of carbonyl (C=O) groups is 1. The predicted molar refractivity (Wildman–Crippen MR) is 95.6 cm³/mol. The minimum atomic E-state index is -0.204. The first-order valence-corrected chi connectivity index (χ1v) is 7.66. The number of phenolic OH excluding ortho intramolecular Hbond substituents is 1. The zero-order valence-corrected chi connectivity index (χ0v) is 13.6. The lowest BCUT2D eigenvalue weighted by atomic mass is 10.2. The molecule has 0 saturated heterocycles. The van der Waals surface area contributed by atoms with Crippen molar-refractivity contribution in [2.45, 2.75) is 0 Å². The molecule has 5 nitrogen and oxygen atoms in total. The molecule has 5 heteroatoms. The van der Waals surface area contributed by atoms with Crippen molar-refractivity contribution in [3.63, 3.8) is 0 Å². The fourth-order valence-corrected chi connectivity index (χ4v) is 2.24. The number of phenols is 1. The number of rotatable bonds is 5. The number of aromatic hydroxyl groups is 1. The molecule has 0 heterocycles. The van der Waals surface area contributed by atoms with Gasteiger partial charge in [0.25, 0.3) is 5.91 Å². The standard InChI is InChI=1S/C20H17NO4/c1-24-17-9-5-14(6-10-17)20(23)21-15-7-11-18(12-8-15)25-19-4-2-3-16(22)13-19/h2-13,22H,1H3,(H,21,23). The topological polar surface area (TPSA) is 67.8 Å². The summed E-state index contributed by atoms with van der Waals surface area (Å²) in [6, 6.07) is 20.4. The third-order valence-corrected chi connectivity index (χ3v) is 3.52. The normalized spacial score (nSPS) is 10.1. The molecule has 3 aromatic rings. The van der Waals surface area contributed by atoms with Crippen LogP contribution in [0, 0.1) is 0 Å². The summed E-state index contributed by atoms with van der Waals surface area (Å²) >= 11 is 0. The lowest BCUT2D eigenvalue weighted by Crippen LogP contribution is -2.11. The fourth-order valence-electron chi connectivity index (χ4n) is 2.24. The van der Waals surface area contributed by atoms with Crippen molar-refractivity contribution in [2.24, 2.45) is 0 Å². The van der Waals surface area contributed by atoms with E-state index in [0.717, 1.165) is 0 Å². The van der Waals surface area contributed by atoms with Gasteiger partial charge >= 0.3 is 0 Å². The molecule has 0 atom stereocenters. The molecule has 126 valence electrons. The van der Waals surface area contributed by atoms with E-state index in [2.05, 4.69) is 5.32 Å². The molecular formula is C20H17NO4. The molecule has 0 unspecified atom stereocenters. The molecule has 25 heavy (non-hydrogen) atoms. The van der Waals surface area contributed by atoms with E-state index >= 15 is 0 Å². The second-order valence-corrected chi connectivity index (χ2v) is 5.31. The predicted octanol–water partition coefficient (Wildman–Crippen LogP) is 4.45. The molecule has 1 amide bonds. The highest BCUT2D eigenvalue weighted by molar-refractivity contribution is 6.04. The Labute approximate surface area is 145 Å². The van der Waals surface area contributed by atoms with Crippen molar-refractivity contribution in [2.75, 3.05) is 12.4 Å². The highest BCUT2D eigenvalue weighted by atomic mass is 16.5. The maximum absolute atomic E-state index is 12.2. The number of carbonyl (C=O) groups excluding carboxylic acids is 1. The summed E-state index contributed by atoms with van der Waals surface area (Å²) in [6.07, 6.45) is 0. The smallest absolute Gasteiger partial charge is 0.255 e. The van der Waals surface area contributed by atoms with Crippen LogP contribution in [-0.4, -0.2) is 18.1 Å². The molecule has 3 rings (SSSR count). The Morgan fingerprint density at radius 1 is 0.880 bits per heavy atom. The van der Waals surface area contributed by atoms with Crippen LogP contribution in [0.15, 0.2) is 72.8 Å². The lowest BCUT2D eigenvalue weighted by molar-refractivity contribution is 0.102. The van der Waals surface area contributed by atoms with Crippen molar-refractivity contribution in [3.8, 4) is 23.0 Å². The Kier molecular flexibility index (Phi) is 4.85. The summed E-state index contributed by atoms with van der Waals surface area (Å²) in [5.41, 5.74) is 1.20. The molecule has 0 fully saturated rings. The van der Waals surface area contributed by atoms with Gasteiger partial charge in [-0.2, -0.15) is 0 Å². The van der Waals surface area contributed by atoms with E-state index in [1.54, 1.807) is 73.8 Å². The van der Waals surface area contributed by atoms with Crippen molar-refractivity contribution < 1.29 is 19.4 Å². The molecule has 0 aliphatic carbocycles. The van der Waals surface area contributed by atoms with Gasteiger partial charge in [-0.25, -0.2) is 0 Å². The number of hydrogen-bond donors (Lipinski definition) is 2. The number of amides is 1. The number of ether oxygens (including phenoxy) is 2. The van der Waals surface area contributed by atoms with Gasteiger partial charge < -0.3 is 19.9 Å². The van der Waals surface area contributed by atoms with Crippen LogP contribution in [0.5, 0.6) is 23.0 Å². The summed E-state index contributed by atoms with van der Waals surface area (Å²) in [7, 11) is 1.58. The van der Waals surface area contributed by atoms with E-state index in [4.69, 9.17) is 9.47 Å². The first-order chi connectivity index (χ1) is 12.1. The van der Waals surface area contributed by atoms with Crippen LogP contribution in [0.2, 0.25) is 0 Å². The third kappa shape index (κ3) is 4.29. The van der Waals surface area contributed by atoms with Crippen LogP contribution in [0.3, 0.4) is 0 Å². The van der Waals surface area contributed by atoms with E-state index in [0.29, 0.717) is 28.5 Å². The molecule has 0 bridgehead atoms. The highest BCUT2D eigenvalue weighted by Gasteiger charge is 2.06. The number of nitrogens with one attached hydrogen (secondary N) is 1. The SMILES string of the molecule is COc1ccc(C(=O)Nc2ccc(Oc3cccc(O)c3)cc2)cc1. The molecule has 0 aromatic heterocycles. The van der Waals surface area contributed by atoms with Gasteiger partial charge in [0.05, 0.1) is 7.11 Å². The average molecular weight is 335 g/mol. The quantitative estimate of drug-likeness (QED) is 0.723. The van der Waals surface area contributed by atoms with Gasteiger partial charge in [0.15, 0.2) is 0 Å². The van der Waals surface area contributed by atoms with Gasteiger partial charge in [0.1, 0.15) is 23.0 Å².